The highest BCUT2D eigenvalue weighted by molar-refractivity contribution is 6.30. The van der Waals surface area contributed by atoms with Crippen molar-refractivity contribution in [2.75, 3.05) is 19.8 Å². The van der Waals surface area contributed by atoms with Gasteiger partial charge in [-0.3, -0.25) is 4.68 Å². The number of benzene rings is 1. The molecule has 2 aromatic heterocycles. The summed E-state index contributed by atoms with van der Waals surface area (Å²) >= 11 is 5.88. The van der Waals surface area contributed by atoms with Gasteiger partial charge in [0.15, 0.2) is 0 Å². The normalized spacial score (nSPS) is 17.2. The Morgan fingerprint density at radius 3 is 2.89 bits per heavy atom. The summed E-state index contributed by atoms with van der Waals surface area (Å²) in [6, 6.07) is 5.53. The van der Waals surface area contributed by atoms with Crippen molar-refractivity contribution >= 4 is 17.6 Å². The maximum atomic E-state index is 14.2. The van der Waals surface area contributed by atoms with Gasteiger partial charge in [-0.1, -0.05) is 17.7 Å². The molecule has 0 saturated carbocycles. The molecule has 35 heavy (non-hydrogen) atoms. The molecule has 1 saturated heterocycles. The Balaban J connectivity index is 1.33. The number of aryl methyl sites for hydroxylation is 1. The molecule has 0 aliphatic carbocycles. The first-order valence-electron chi connectivity index (χ1n) is 11.9. The number of amides is 2. The summed E-state index contributed by atoms with van der Waals surface area (Å²) in [6.45, 7) is 2.53. The third-order valence-corrected chi connectivity index (χ3v) is 7.10. The zero-order valence-corrected chi connectivity index (χ0v) is 20.3. The molecule has 0 spiro atoms. The Hall–Kier alpha value is -3.04. The number of fused-ring (bicyclic) bond motifs is 1. The van der Waals surface area contributed by atoms with E-state index in [4.69, 9.17) is 21.3 Å². The summed E-state index contributed by atoms with van der Waals surface area (Å²) in [5, 5.41) is 7.32. The highest BCUT2D eigenvalue weighted by Gasteiger charge is 2.27. The molecule has 0 radical (unpaired) electrons. The van der Waals surface area contributed by atoms with Crippen molar-refractivity contribution < 1.29 is 13.9 Å². The summed E-state index contributed by atoms with van der Waals surface area (Å²) in [4.78, 5) is 24.5. The lowest BCUT2D eigenvalue weighted by molar-refractivity contribution is 0.0659. The number of halogens is 2. The summed E-state index contributed by atoms with van der Waals surface area (Å²) in [5.74, 6) is 0.817. The number of urea groups is 1. The maximum Gasteiger partial charge on any atom is 0.318 e. The van der Waals surface area contributed by atoms with Crippen LogP contribution in [0.2, 0.25) is 5.02 Å². The number of carbonyl (C=O) groups excluding carboxylic acids is 1. The van der Waals surface area contributed by atoms with Gasteiger partial charge in [0.25, 0.3) is 0 Å². The smallest absolute Gasteiger partial charge is 0.318 e. The standard InChI is InChI=1S/C25H28ClFN6O2/c1-32-22(4-8-29-32)24(17-2-3-19(26)20(27)13-17)31-25(34)33-9-5-18-14-28-23(30-21(18)15-33)12-16-6-10-35-11-7-16/h2-4,8,13-14,16,24H,5-7,9-12,15H2,1H3,(H,31,34). The van der Waals surface area contributed by atoms with Crippen LogP contribution < -0.4 is 5.32 Å². The van der Waals surface area contributed by atoms with Gasteiger partial charge in [-0.2, -0.15) is 5.10 Å². The van der Waals surface area contributed by atoms with Crippen LogP contribution in [-0.4, -0.2) is 50.4 Å². The molecule has 5 rings (SSSR count). The maximum absolute atomic E-state index is 14.2. The first-order valence-corrected chi connectivity index (χ1v) is 12.3. The fraction of sp³-hybridized carbons (Fsp3) is 0.440. The van der Waals surface area contributed by atoms with Crippen LogP contribution in [0.25, 0.3) is 0 Å². The van der Waals surface area contributed by atoms with Crippen LogP contribution in [0.5, 0.6) is 0 Å². The minimum Gasteiger partial charge on any atom is -0.381 e. The highest BCUT2D eigenvalue weighted by atomic mass is 35.5. The van der Waals surface area contributed by atoms with Crippen molar-refractivity contribution in [2.45, 2.75) is 38.3 Å². The number of ether oxygens (including phenoxy) is 1. The van der Waals surface area contributed by atoms with Gasteiger partial charge in [0.2, 0.25) is 0 Å². The molecular weight excluding hydrogens is 471 g/mol. The third-order valence-electron chi connectivity index (χ3n) is 6.79. The molecule has 1 unspecified atom stereocenters. The molecule has 4 heterocycles. The van der Waals surface area contributed by atoms with E-state index in [1.165, 1.54) is 12.1 Å². The Labute approximate surface area is 208 Å². The van der Waals surface area contributed by atoms with E-state index in [1.807, 2.05) is 6.20 Å². The molecule has 2 amide bonds. The summed E-state index contributed by atoms with van der Waals surface area (Å²) in [7, 11) is 1.79. The van der Waals surface area contributed by atoms with Gasteiger partial charge >= 0.3 is 6.03 Å². The van der Waals surface area contributed by atoms with Crippen molar-refractivity contribution in [3.63, 3.8) is 0 Å². The van der Waals surface area contributed by atoms with E-state index >= 15 is 0 Å². The fourth-order valence-corrected chi connectivity index (χ4v) is 4.84. The molecule has 10 heteroatoms. The van der Waals surface area contributed by atoms with E-state index in [0.29, 0.717) is 31.0 Å². The lowest BCUT2D eigenvalue weighted by atomic mass is 9.96. The fourth-order valence-electron chi connectivity index (χ4n) is 4.73. The van der Waals surface area contributed by atoms with Gasteiger partial charge in [0.05, 0.1) is 29.0 Å². The minimum absolute atomic E-state index is 0.0349. The van der Waals surface area contributed by atoms with Gasteiger partial charge in [-0.15, -0.1) is 0 Å². The van der Waals surface area contributed by atoms with E-state index < -0.39 is 11.9 Å². The predicted octanol–water partition coefficient (Wildman–Crippen LogP) is 3.83. The Morgan fingerprint density at radius 2 is 2.14 bits per heavy atom. The molecule has 1 fully saturated rings. The number of nitrogens with one attached hydrogen (secondary N) is 1. The Bertz CT molecular complexity index is 1210. The monoisotopic (exact) mass is 498 g/mol. The SMILES string of the molecule is Cn1nccc1C(NC(=O)N1CCc2cnc(CC3CCOCC3)nc2C1)c1ccc(Cl)c(F)c1. The Morgan fingerprint density at radius 1 is 1.31 bits per heavy atom. The van der Waals surface area contributed by atoms with Crippen LogP contribution in [0, 0.1) is 11.7 Å². The first-order chi connectivity index (χ1) is 17.0. The summed E-state index contributed by atoms with van der Waals surface area (Å²) in [5.41, 5.74) is 3.28. The van der Waals surface area contributed by atoms with E-state index in [2.05, 4.69) is 15.4 Å². The number of hydrogen-bond acceptors (Lipinski definition) is 5. The second-order valence-corrected chi connectivity index (χ2v) is 9.53. The quantitative estimate of drug-likeness (QED) is 0.578. The minimum atomic E-state index is -0.586. The lowest BCUT2D eigenvalue weighted by Gasteiger charge is -2.30. The lowest BCUT2D eigenvalue weighted by Crippen LogP contribution is -2.45. The third kappa shape index (κ3) is 5.31. The van der Waals surface area contributed by atoms with E-state index in [9.17, 15) is 9.18 Å². The van der Waals surface area contributed by atoms with Crippen LogP contribution in [0.4, 0.5) is 9.18 Å². The number of carbonyl (C=O) groups is 1. The number of nitrogens with zero attached hydrogens (tertiary/aromatic N) is 5. The predicted molar refractivity (Wildman–Crippen MR) is 128 cm³/mol. The van der Waals surface area contributed by atoms with Crippen LogP contribution >= 0.6 is 11.6 Å². The topological polar surface area (TPSA) is 85.2 Å². The van der Waals surface area contributed by atoms with E-state index in [1.54, 1.807) is 35.0 Å². The van der Waals surface area contributed by atoms with Gasteiger partial charge < -0.3 is 15.0 Å². The van der Waals surface area contributed by atoms with Crippen LogP contribution in [0.3, 0.4) is 0 Å². The molecule has 2 aliphatic rings. The number of hydrogen-bond donors (Lipinski definition) is 1. The van der Waals surface area contributed by atoms with Crippen molar-refractivity contribution in [1.82, 2.24) is 30.0 Å². The summed E-state index contributed by atoms with van der Waals surface area (Å²) in [6.07, 6.45) is 7.11. The average molecular weight is 499 g/mol. The zero-order valence-electron chi connectivity index (χ0n) is 19.6. The van der Waals surface area contributed by atoms with Crippen molar-refractivity contribution in [3.05, 3.63) is 75.8 Å². The van der Waals surface area contributed by atoms with Gasteiger partial charge in [-0.25, -0.2) is 19.2 Å². The molecule has 2 aliphatic heterocycles. The molecule has 3 aromatic rings. The zero-order chi connectivity index (χ0) is 24.4. The molecule has 184 valence electrons. The number of rotatable bonds is 5. The molecule has 8 nitrogen and oxygen atoms in total. The second kappa shape index (κ2) is 10.3. The van der Waals surface area contributed by atoms with E-state index in [-0.39, 0.29) is 11.1 Å². The molecule has 1 atom stereocenters. The van der Waals surface area contributed by atoms with Crippen LogP contribution in [-0.2, 0) is 31.2 Å². The second-order valence-electron chi connectivity index (χ2n) is 9.13. The van der Waals surface area contributed by atoms with Gasteiger partial charge in [-0.05, 0) is 54.5 Å². The summed E-state index contributed by atoms with van der Waals surface area (Å²) < 4.78 is 21.4. The molecule has 1 N–H and O–H groups in total. The first kappa shape index (κ1) is 23.7. The molecule has 0 bridgehead atoms. The van der Waals surface area contributed by atoms with Crippen LogP contribution in [0.15, 0.2) is 36.7 Å². The van der Waals surface area contributed by atoms with Crippen LogP contribution in [0.1, 0.15) is 47.2 Å². The largest absolute Gasteiger partial charge is 0.381 e. The highest BCUT2D eigenvalue weighted by Crippen LogP contribution is 2.27. The van der Waals surface area contributed by atoms with Gasteiger partial charge in [0.1, 0.15) is 11.6 Å². The van der Waals surface area contributed by atoms with Crippen molar-refractivity contribution in [3.8, 4) is 0 Å². The van der Waals surface area contributed by atoms with Crippen molar-refractivity contribution in [1.29, 1.82) is 0 Å². The average Bonchev–Trinajstić information content (AvgIpc) is 3.29. The van der Waals surface area contributed by atoms with Crippen molar-refractivity contribution in [2.24, 2.45) is 13.0 Å². The van der Waals surface area contributed by atoms with E-state index in [0.717, 1.165) is 55.3 Å². The van der Waals surface area contributed by atoms with Gasteiger partial charge in [0, 0.05) is 45.6 Å². The number of aromatic nitrogens is 4. The molecular formula is C25H28ClFN6O2. The Kier molecular flexibility index (Phi) is 6.97. The molecule has 1 aromatic carbocycles.